The molecule has 0 saturated heterocycles. The van der Waals surface area contributed by atoms with Crippen molar-refractivity contribution < 1.29 is 14.6 Å². The van der Waals surface area contributed by atoms with Crippen molar-refractivity contribution in [2.45, 2.75) is 38.1 Å². The van der Waals surface area contributed by atoms with E-state index in [-0.39, 0.29) is 12.5 Å². The second-order valence-electron chi connectivity index (χ2n) is 7.85. The molecule has 5 nitrogen and oxygen atoms in total. The van der Waals surface area contributed by atoms with Gasteiger partial charge in [0.1, 0.15) is 11.5 Å². The van der Waals surface area contributed by atoms with E-state index in [2.05, 4.69) is 24.4 Å². The van der Waals surface area contributed by atoms with Crippen LogP contribution < -0.4 is 10.1 Å². The maximum atomic E-state index is 11.7. The molecule has 28 heavy (non-hydrogen) atoms. The van der Waals surface area contributed by atoms with Gasteiger partial charge in [0, 0.05) is 26.7 Å². The Kier molecular flexibility index (Phi) is 6.57. The highest BCUT2D eigenvalue weighted by Gasteiger charge is 2.20. The Morgan fingerprint density at radius 3 is 2.68 bits per heavy atom. The predicted octanol–water partition coefficient (Wildman–Crippen LogP) is 3.11. The molecule has 150 valence electrons. The number of hydrogen-bond acceptors (Lipinski definition) is 4. The fourth-order valence-electron chi connectivity index (χ4n) is 3.54. The molecule has 3 rings (SSSR count). The largest absolute Gasteiger partial charge is 0.508 e. The Labute approximate surface area is 167 Å². The third kappa shape index (κ3) is 5.26. The van der Waals surface area contributed by atoms with E-state index in [9.17, 15) is 9.90 Å². The van der Waals surface area contributed by atoms with E-state index in [1.165, 1.54) is 21.6 Å². The van der Waals surface area contributed by atoms with Gasteiger partial charge >= 0.3 is 0 Å². The van der Waals surface area contributed by atoms with Gasteiger partial charge in [-0.2, -0.15) is 0 Å². The SMILES string of the molecule is CC(CNC1CCc2ccc(OCC(=O)N(C)C)cc2C1)c1ccc(O)cc1. The average molecular weight is 383 g/mol. The molecule has 0 aliphatic heterocycles. The first kappa shape index (κ1) is 20.2. The van der Waals surface area contributed by atoms with E-state index < -0.39 is 0 Å². The first-order valence-electron chi connectivity index (χ1n) is 9.89. The summed E-state index contributed by atoms with van der Waals surface area (Å²) in [5, 5.41) is 13.1. The van der Waals surface area contributed by atoms with Crippen molar-refractivity contribution in [1.82, 2.24) is 10.2 Å². The summed E-state index contributed by atoms with van der Waals surface area (Å²) in [4.78, 5) is 13.3. The van der Waals surface area contributed by atoms with Crippen molar-refractivity contribution in [2.24, 2.45) is 0 Å². The Bertz CT molecular complexity index is 802. The summed E-state index contributed by atoms with van der Waals surface area (Å²) in [7, 11) is 3.46. The zero-order valence-corrected chi connectivity index (χ0v) is 16.9. The van der Waals surface area contributed by atoms with Gasteiger partial charge in [0.25, 0.3) is 5.91 Å². The normalized spacial score (nSPS) is 16.9. The third-order valence-electron chi connectivity index (χ3n) is 5.44. The number of rotatable bonds is 7. The highest BCUT2D eigenvalue weighted by atomic mass is 16.5. The second-order valence-corrected chi connectivity index (χ2v) is 7.85. The molecule has 2 atom stereocenters. The van der Waals surface area contributed by atoms with Gasteiger partial charge in [0.15, 0.2) is 6.61 Å². The lowest BCUT2D eigenvalue weighted by molar-refractivity contribution is -0.130. The summed E-state index contributed by atoms with van der Waals surface area (Å²) in [5.41, 5.74) is 3.90. The van der Waals surface area contributed by atoms with Crippen molar-refractivity contribution in [3.63, 3.8) is 0 Å². The molecule has 0 bridgehead atoms. The van der Waals surface area contributed by atoms with Crippen LogP contribution in [0.5, 0.6) is 11.5 Å². The molecule has 5 heteroatoms. The van der Waals surface area contributed by atoms with Gasteiger partial charge in [-0.15, -0.1) is 0 Å². The number of fused-ring (bicyclic) bond motifs is 1. The quantitative estimate of drug-likeness (QED) is 0.772. The highest BCUT2D eigenvalue weighted by molar-refractivity contribution is 5.77. The number of phenols is 1. The number of likely N-dealkylation sites (N-methyl/N-ethyl adjacent to an activating group) is 1. The second kappa shape index (κ2) is 9.11. The van der Waals surface area contributed by atoms with Gasteiger partial charge in [-0.05, 0) is 66.1 Å². The van der Waals surface area contributed by atoms with Gasteiger partial charge in [-0.1, -0.05) is 25.1 Å². The monoisotopic (exact) mass is 382 g/mol. The minimum atomic E-state index is -0.0412. The molecular weight excluding hydrogens is 352 g/mol. The lowest BCUT2D eigenvalue weighted by Gasteiger charge is -2.27. The molecule has 1 amide bonds. The first-order chi connectivity index (χ1) is 13.4. The van der Waals surface area contributed by atoms with E-state index in [0.717, 1.165) is 31.6 Å². The molecule has 1 aliphatic carbocycles. The zero-order chi connectivity index (χ0) is 20.1. The van der Waals surface area contributed by atoms with Crippen LogP contribution in [0, 0.1) is 0 Å². The Morgan fingerprint density at radius 1 is 1.21 bits per heavy atom. The summed E-state index contributed by atoms with van der Waals surface area (Å²) in [5.74, 6) is 1.40. The van der Waals surface area contributed by atoms with Gasteiger partial charge in [-0.25, -0.2) is 0 Å². The van der Waals surface area contributed by atoms with Crippen LogP contribution in [0.1, 0.15) is 36.0 Å². The molecule has 2 aromatic rings. The van der Waals surface area contributed by atoms with Crippen molar-refractivity contribution in [3.05, 3.63) is 59.2 Å². The number of hydrogen-bond donors (Lipinski definition) is 2. The fraction of sp³-hybridized carbons (Fsp3) is 0.435. The minimum Gasteiger partial charge on any atom is -0.508 e. The standard InChI is InChI=1S/C23H30N2O3/c1-16(17-5-9-21(26)10-6-17)14-24-20-8-4-18-7-11-22(13-19(18)12-20)28-15-23(27)25(2)3/h5-7,9-11,13,16,20,24,26H,4,8,12,14-15H2,1-3H3. The Balaban J connectivity index is 1.54. The van der Waals surface area contributed by atoms with E-state index in [0.29, 0.717) is 17.7 Å². The lowest BCUT2D eigenvalue weighted by Crippen LogP contribution is -2.36. The van der Waals surface area contributed by atoms with Gasteiger partial charge in [-0.3, -0.25) is 4.79 Å². The lowest BCUT2D eigenvalue weighted by atomic mass is 9.87. The Morgan fingerprint density at radius 2 is 1.96 bits per heavy atom. The molecule has 1 aliphatic rings. The van der Waals surface area contributed by atoms with Crippen molar-refractivity contribution in [2.75, 3.05) is 27.2 Å². The fourth-order valence-corrected chi connectivity index (χ4v) is 3.54. The first-order valence-corrected chi connectivity index (χ1v) is 9.89. The summed E-state index contributed by atoms with van der Waals surface area (Å²) >= 11 is 0. The molecule has 0 radical (unpaired) electrons. The van der Waals surface area contributed by atoms with Gasteiger partial charge < -0.3 is 20.1 Å². The highest BCUT2D eigenvalue weighted by Crippen LogP contribution is 2.26. The molecule has 0 saturated carbocycles. The molecule has 2 N–H and O–H groups in total. The van der Waals surface area contributed by atoms with Crippen molar-refractivity contribution in [1.29, 1.82) is 0 Å². The summed E-state index contributed by atoms with van der Waals surface area (Å²) in [6.07, 6.45) is 3.14. The van der Waals surface area contributed by atoms with Crippen LogP contribution in [-0.2, 0) is 17.6 Å². The van der Waals surface area contributed by atoms with E-state index in [1.54, 1.807) is 26.2 Å². The number of phenolic OH excluding ortho intramolecular Hbond substituents is 1. The average Bonchev–Trinajstić information content (AvgIpc) is 2.70. The number of nitrogens with one attached hydrogen (secondary N) is 1. The van der Waals surface area contributed by atoms with Crippen molar-refractivity contribution >= 4 is 5.91 Å². The number of aromatic hydroxyl groups is 1. The maximum absolute atomic E-state index is 11.7. The molecule has 0 spiro atoms. The smallest absolute Gasteiger partial charge is 0.259 e. The van der Waals surface area contributed by atoms with Gasteiger partial charge in [0.2, 0.25) is 0 Å². The number of carbonyl (C=O) groups excluding carboxylic acids is 1. The molecule has 0 aromatic heterocycles. The zero-order valence-electron chi connectivity index (χ0n) is 16.9. The summed E-state index contributed by atoms with van der Waals surface area (Å²) in [6.45, 7) is 3.17. The number of aryl methyl sites for hydroxylation is 1. The van der Waals surface area contributed by atoms with E-state index >= 15 is 0 Å². The molecule has 0 heterocycles. The Hall–Kier alpha value is -2.53. The van der Waals surface area contributed by atoms with E-state index in [4.69, 9.17) is 4.74 Å². The molecular formula is C23H30N2O3. The molecule has 2 unspecified atom stereocenters. The van der Waals surface area contributed by atoms with Crippen LogP contribution in [0.15, 0.2) is 42.5 Å². The minimum absolute atomic E-state index is 0.0412. The maximum Gasteiger partial charge on any atom is 0.259 e. The number of benzene rings is 2. The number of ether oxygens (including phenoxy) is 1. The summed E-state index contributed by atoms with van der Waals surface area (Å²) < 4.78 is 5.66. The van der Waals surface area contributed by atoms with Crippen LogP contribution in [0.25, 0.3) is 0 Å². The van der Waals surface area contributed by atoms with Crippen LogP contribution >= 0.6 is 0 Å². The number of nitrogens with zero attached hydrogens (tertiary/aromatic N) is 1. The van der Waals surface area contributed by atoms with Crippen LogP contribution in [0.2, 0.25) is 0 Å². The van der Waals surface area contributed by atoms with Crippen molar-refractivity contribution in [3.8, 4) is 11.5 Å². The van der Waals surface area contributed by atoms with Crippen LogP contribution in [0.3, 0.4) is 0 Å². The third-order valence-corrected chi connectivity index (χ3v) is 5.44. The molecule has 0 fully saturated rings. The number of amides is 1. The number of carbonyl (C=O) groups is 1. The predicted molar refractivity (Wildman–Crippen MR) is 111 cm³/mol. The van der Waals surface area contributed by atoms with Gasteiger partial charge in [0.05, 0.1) is 0 Å². The molecule has 2 aromatic carbocycles. The van der Waals surface area contributed by atoms with Crippen LogP contribution in [0.4, 0.5) is 0 Å². The topological polar surface area (TPSA) is 61.8 Å². The van der Waals surface area contributed by atoms with Crippen LogP contribution in [-0.4, -0.2) is 49.2 Å². The summed E-state index contributed by atoms with van der Waals surface area (Å²) in [6, 6.07) is 14.0. The van der Waals surface area contributed by atoms with E-state index in [1.807, 2.05) is 18.2 Å².